The SMILES string of the molecule is CCCC/C=C/CCCCCCC(=O)OCC(COCCC(C(=O)O)[N+](C)(C)C)OC(=O)CCCCCCCCCCC/C=C/C/C=C/C/C=C/CCCCC. The molecular weight excluding hydrogens is 703 g/mol. The maximum Gasteiger partial charge on any atom is 0.362 e. The summed E-state index contributed by atoms with van der Waals surface area (Å²) in [6, 6.07) is -0.617. The third-order valence-electron chi connectivity index (χ3n) is 9.95. The van der Waals surface area contributed by atoms with Gasteiger partial charge in [0.1, 0.15) is 6.61 Å². The highest BCUT2D eigenvalue weighted by atomic mass is 16.6. The minimum absolute atomic E-state index is 0.0548. The fourth-order valence-corrected chi connectivity index (χ4v) is 6.37. The lowest BCUT2D eigenvalue weighted by Crippen LogP contribution is -2.50. The summed E-state index contributed by atoms with van der Waals surface area (Å²) < 4.78 is 17.2. The van der Waals surface area contributed by atoms with Crippen molar-refractivity contribution in [3.8, 4) is 0 Å². The van der Waals surface area contributed by atoms with Crippen molar-refractivity contribution in [3.05, 3.63) is 48.6 Å². The summed E-state index contributed by atoms with van der Waals surface area (Å²) in [5.41, 5.74) is 0. The Morgan fingerprint density at radius 1 is 0.536 bits per heavy atom. The Bertz CT molecular complexity index is 1060. The molecule has 0 saturated heterocycles. The summed E-state index contributed by atoms with van der Waals surface area (Å²) in [4.78, 5) is 36.9. The van der Waals surface area contributed by atoms with Crippen molar-refractivity contribution in [1.29, 1.82) is 0 Å². The number of rotatable bonds is 40. The van der Waals surface area contributed by atoms with Gasteiger partial charge in [0.15, 0.2) is 12.1 Å². The summed E-state index contributed by atoms with van der Waals surface area (Å²) in [5.74, 6) is -1.49. The Labute approximate surface area is 344 Å². The molecule has 0 heterocycles. The van der Waals surface area contributed by atoms with E-state index in [-0.39, 0.29) is 36.2 Å². The second-order valence-electron chi connectivity index (χ2n) is 16.3. The van der Waals surface area contributed by atoms with Crippen LogP contribution < -0.4 is 0 Å². The molecule has 0 spiro atoms. The zero-order valence-electron chi connectivity index (χ0n) is 36.8. The van der Waals surface area contributed by atoms with Gasteiger partial charge in [-0.05, 0) is 70.6 Å². The number of unbranched alkanes of at least 4 members (excludes halogenated alkanes) is 18. The second kappa shape index (κ2) is 39.1. The molecule has 0 radical (unpaired) electrons. The van der Waals surface area contributed by atoms with Crippen molar-refractivity contribution >= 4 is 17.9 Å². The van der Waals surface area contributed by atoms with Crippen molar-refractivity contribution in [2.75, 3.05) is 41.0 Å². The van der Waals surface area contributed by atoms with E-state index in [9.17, 15) is 19.5 Å². The molecule has 8 heteroatoms. The van der Waals surface area contributed by atoms with E-state index in [1.54, 1.807) is 0 Å². The lowest BCUT2D eigenvalue weighted by molar-refractivity contribution is -0.887. The largest absolute Gasteiger partial charge is 0.477 e. The van der Waals surface area contributed by atoms with Crippen LogP contribution in [0.25, 0.3) is 0 Å². The van der Waals surface area contributed by atoms with Gasteiger partial charge in [-0.15, -0.1) is 0 Å². The first-order valence-electron chi connectivity index (χ1n) is 22.7. The predicted octanol–water partition coefficient (Wildman–Crippen LogP) is 12.4. The monoisotopic (exact) mass is 789 g/mol. The summed E-state index contributed by atoms with van der Waals surface area (Å²) in [6.07, 6.45) is 45.8. The van der Waals surface area contributed by atoms with Crippen molar-refractivity contribution in [1.82, 2.24) is 0 Å². The molecule has 0 saturated carbocycles. The summed E-state index contributed by atoms with van der Waals surface area (Å²) in [7, 11) is 5.52. The number of carbonyl (C=O) groups excluding carboxylic acids is 2. The van der Waals surface area contributed by atoms with Crippen molar-refractivity contribution < 1.29 is 38.2 Å². The number of hydrogen-bond donors (Lipinski definition) is 1. The van der Waals surface area contributed by atoms with Crippen LogP contribution in [-0.4, -0.2) is 80.6 Å². The maximum atomic E-state index is 12.7. The van der Waals surface area contributed by atoms with Gasteiger partial charge in [-0.25, -0.2) is 4.79 Å². The first-order chi connectivity index (χ1) is 27.1. The van der Waals surface area contributed by atoms with Gasteiger partial charge >= 0.3 is 17.9 Å². The van der Waals surface area contributed by atoms with Crippen molar-refractivity contribution in [2.45, 2.75) is 199 Å². The molecule has 56 heavy (non-hydrogen) atoms. The molecule has 0 bridgehead atoms. The van der Waals surface area contributed by atoms with E-state index in [0.717, 1.165) is 77.0 Å². The van der Waals surface area contributed by atoms with Crippen LogP contribution in [0.5, 0.6) is 0 Å². The number of hydrogen-bond acceptors (Lipinski definition) is 6. The number of aliphatic carboxylic acids is 1. The summed E-state index contributed by atoms with van der Waals surface area (Å²) >= 11 is 0. The number of likely N-dealkylation sites (N-methyl/N-ethyl adjacent to an activating group) is 1. The fraction of sp³-hybridized carbons (Fsp3) is 0.771. The third kappa shape index (κ3) is 36.9. The number of esters is 2. The Balaban J connectivity index is 4.27. The van der Waals surface area contributed by atoms with Crippen LogP contribution in [0.4, 0.5) is 0 Å². The van der Waals surface area contributed by atoms with Gasteiger partial charge in [-0.3, -0.25) is 9.59 Å². The third-order valence-corrected chi connectivity index (χ3v) is 9.95. The van der Waals surface area contributed by atoms with E-state index in [2.05, 4.69) is 62.5 Å². The zero-order valence-corrected chi connectivity index (χ0v) is 36.8. The van der Waals surface area contributed by atoms with Gasteiger partial charge in [0.05, 0.1) is 34.4 Å². The molecule has 0 aliphatic heterocycles. The predicted molar refractivity (Wildman–Crippen MR) is 234 cm³/mol. The minimum Gasteiger partial charge on any atom is -0.477 e. The lowest BCUT2D eigenvalue weighted by Gasteiger charge is -2.31. The van der Waals surface area contributed by atoms with Crippen LogP contribution >= 0.6 is 0 Å². The smallest absolute Gasteiger partial charge is 0.362 e. The number of nitrogens with zero attached hydrogens (tertiary/aromatic N) is 1. The zero-order chi connectivity index (χ0) is 41.4. The number of carboxylic acid groups (broad SMARTS) is 1. The quantitative estimate of drug-likeness (QED) is 0.0286. The van der Waals surface area contributed by atoms with E-state index in [1.807, 2.05) is 21.1 Å². The number of allylic oxidation sites excluding steroid dienone is 8. The first kappa shape index (κ1) is 53.3. The highest BCUT2D eigenvalue weighted by Gasteiger charge is 2.31. The highest BCUT2D eigenvalue weighted by molar-refractivity contribution is 5.72. The van der Waals surface area contributed by atoms with E-state index >= 15 is 0 Å². The standard InChI is InChI=1S/C48H85NO7/c1-6-8-10-12-14-16-18-19-20-21-22-23-24-25-26-27-28-29-31-33-35-37-39-47(51)56-44(42-54-41-40-45(48(52)53)49(3,4)5)43-55-46(50)38-36-34-32-30-17-15-13-11-9-7-2/h13-16,19-20,22-23,44-45H,6-12,17-18,21,24-43H2,1-5H3/p+1/b15-13+,16-14+,20-19+,23-22+. The molecule has 0 rings (SSSR count). The van der Waals surface area contributed by atoms with Gasteiger partial charge in [0.2, 0.25) is 0 Å². The van der Waals surface area contributed by atoms with Gasteiger partial charge in [-0.1, -0.05) is 146 Å². The average molecular weight is 789 g/mol. The molecule has 324 valence electrons. The maximum absolute atomic E-state index is 12.7. The topological polar surface area (TPSA) is 99.1 Å². The van der Waals surface area contributed by atoms with Crippen molar-refractivity contribution in [3.63, 3.8) is 0 Å². The van der Waals surface area contributed by atoms with Gasteiger partial charge < -0.3 is 23.8 Å². The van der Waals surface area contributed by atoms with Gasteiger partial charge in [0, 0.05) is 19.3 Å². The van der Waals surface area contributed by atoms with Crippen LogP contribution in [0.2, 0.25) is 0 Å². The molecule has 0 aliphatic rings. The molecular formula is C48H86NO7+. The first-order valence-corrected chi connectivity index (χ1v) is 22.7. The summed E-state index contributed by atoms with van der Waals surface area (Å²) in [6.45, 7) is 4.64. The van der Waals surface area contributed by atoms with Crippen LogP contribution in [0.15, 0.2) is 48.6 Å². The minimum atomic E-state index is -0.879. The van der Waals surface area contributed by atoms with Crippen LogP contribution in [-0.2, 0) is 28.6 Å². The highest BCUT2D eigenvalue weighted by Crippen LogP contribution is 2.14. The number of ether oxygens (including phenoxy) is 3. The molecule has 0 aromatic rings. The Morgan fingerprint density at radius 2 is 0.964 bits per heavy atom. The van der Waals surface area contributed by atoms with E-state index in [4.69, 9.17) is 14.2 Å². The number of carbonyl (C=O) groups is 3. The molecule has 0 amide bonds. The molecule has 0 aromatic carbocycles. The molecule has 2 unspecified atom stereocenters. The van der Waals surface area contributed by atoms with Crippen LogP contribution in [0.3, 0.4) is 0 Å². The van der Waals surface area contributed by atoms with Gasteiger partial charge in [-0.2, -0.15) is 0 Å². The van der Waals surface area contributed by atoms with E-state index in [1.165, 1.54) is 77.0 Å². The lowest BCUT2D eigenvalue weighted by atomic mass is 10.1. The van der Waals surface area contributed by atoms with Gasteiger partial charge in [0.25, 0.3) is 0 Å². The van der Waals surface area contributed by atoms with E-state index in [0.29, 0.717) is 19.3 Å². The average Bonchev–Trinajstić information content (AvgIpc) is 3.15. The Morgan fingerprint density at radius 3 is 1.46 bits per heavy atom. The van der Waals surface area contributed by atoms with E-state index < -0.39 is 18.1 Å². The van der Waals surface area contributed by atoms with Crippen LogP contribution in [0, 0.1) is 0 Å². The van der Waals surface area contributed by atoms with Crippen LogP contribution in [0.1, 0.15) is 187 Å². The number of quaternary nitrogens is 1. The fourth-order valence-electron chi connectivity index (χ4n) is 6.37. The molecule has 2 atom stereocenters. The molecule has 0 aliphatic carbocycles. The molecule has 1 N–H and O–H groups in total. The Kier molecular flexibility index (Phi) is 37.2. The second-order valence-corrected chi connectivity index (χ2v) is 16.3. The normalized spacial score (nSPS) is 13.4. The number of carboxylic acids is 1. The molecule has 8 nitrogen and oxygen atoms in total. The molecule has 0 aromatic heterocycles. The molecule has 0 fully saturated rings. The van der Waals surface area contributed by atoms with Crippen molar-refractivity contribution in [2.24, 2.45) is 0 Å². The summed E-state index contributed by atoms with van der Waals surface area (Å²) in [5, 5.41) is 9.61. The Hall–Kier alpha value is -2.71.